The maximum absolute atomic E-state index is 10.6. The van der Waals surface area contributed by atoms with Crippen molar-refractivity contribution in [3.05, 3.63) is 45.6 Å². The van der Waals surface area contributed by atoms with Gasteiger partial charge in [0.2, 0.25) is 0 Å². The van der Waals surface area contributed by atoms with Crippen molar-refractivity contribution in [2.75, 3.05) is 0 Å². The first-order valence-electron chi connectivity index (χ1n) is 4.94. The second-order valence-electron chi connectivity index (χ2n) is 3.68. The van der Waals surface area contributed by atoms with Gasteiger partial charge in [0.25, 0.3) is 0 Å². The van der Waals surface area contributed by atoms with Crippen LogP contribution in [0.4, 0.5) is 0 Å². The van der Waals surface area contributed by atoms with E-state index in [0.29, 0.717) is 12.0 Å². The minimum atomic E-state index is 0.355. The fourth-order valence-electron chi connectivity index (χ4n) is 1.75. The smallest absolute Gasteiger partial charge is 0.185 e. The molecule has 2 aromatic rings. The van der Waals surface area contributed by atoms with Crippen LogP contribution in [0.3, 0.4) is 0 Å². The molecule has 0 amide bonds. The number of furan rings is 1. The lowest BCUT2D eigenvalue weighted by atomic mass is 10.0. The average Bonchev–Trinajstić information content (AvgIpc) is 2.73. The number of halogens is 1. The molecular formula is C13H11BrO2. The standard InChI is InChI=1S/C13H11BrO2/c1-8-3-5-11(14)9(2)13(8)12-6-4-10(7-15)16-12/h3-7H,1-2H3. The molecule has 0 fully saturated rings. The highest BCUT2D eigenvalue weighted by molar-refractivity contribution is 9.10. The van der Waals surface area contributed by atoms with E-state index in [1.165, 1.54) is 0 Å². The Morgan fingerprint density at radius 1 is 1.19 bits per heavy atom. The zero-order valence-electron chi connectivity index (χ0n) is 9.08. The third-order valence-corrected chi connectivity index (χ3v) is 3.46. The summed E-state index contributed by atoms with van der Waals surface area (Å²) in [6, 6.07) is 7.54. The Bertz CT molecular complexity index is 541. The molecule has 0 aliphatic heterocycles. The molecule has 0 atom stereocenters. The third kappa shape index (κ3) is 1.83. The second kappa shape index (κ2) is 4.26. The van der Waals surface area contributed by atoms with Crippen LogP contribution in [0.5, 0.6) is 0 Å². The fourth-order valence-corrected chi connectivity index (χ4v) is 2.08. The van der Waals surface area contributed by atoms with Gasteiger partial charge in [-0.1, -0.05) is 22.0 Å². The molecule has 0 unspecified atom stereocenters. The first kappa shape index (κ1) is 11.1. The van der Waals surface area contributed by atoms with E-state index >= 15 is 0 Å². The highest BCUT2D eigenvalue weighted by Gasteiger charge is 2.11. The molecular weight excluding hydrogens is 268 g/mol. The van der Waals surface area contributed by atoms with Gasteiger partial charge < -0.3 is 4.42 Å². The van der Waals surface area contributed by atoms with Gasteiger partial charge in [-0.15, -0.1) is 0 Å². The zero-order chi connectivity index (χ0) is 11.7. The Labute approximate surface area is 102 Å². The quantitative estimate of drug-likeness (QED) is 0.773. The van der Waals surface area contributed by atoms with Gasteiger partial charge in [0, 0.05) is 10.0 Å². The van der Waals surface area contributed by atoms with E-state index in [-0.39, 0.29) is 0 Å². The zero-order valence-corrected chi connectivity index (χ0v) is 10.7. The lowest BCUT2D eigenvalue weighted by Crippen LogP contribution is -1.87. The van der Waals surface area contributed by atoms with Crippen molar-refractivity contribution in [2.24, 2.45) is 0 Å². The average molecular weight is 279 g/mol. The predicted octanol–water partition coefficient (Wildman–Crippen LogP) is 4.14. The molecule has 0 saturated carbocycles. The van der Waals surface area contributed by atoms with Crippen LogP contribution < -0.4 is 0 Å². The van der Waals surface area contributed by atoms with Crippen molar-refractivity contribution in [1.29, 1.82) is 0 Å². The van der Waals surface area contributed by atoms with Gasteiger partial charge >= 0.3 is 0 Å². The van der Waals surface area contributed by atoms with Gasteiger partial charge in [-0.3, -0.25) is 4.79 Å². The van der Waals surface area contributed by atoms with Crippen molar-refractivity contribution in [3.8, 4) is 11.3 Å². The van der Waals surface area contributed by atoms with E-state index in [1.54, 1.807) is 6.07 Å². The Kier molecular flexibility index (Phi) is 2.97. The largest absolute Gasteiger partial charge is 0.453 e. The topological polar surface area (TPSA) is 30.2 Å². The molecule has 0 radical (unpaired) electrons. The van der Waals surface area contributed by atoms with Crippen molar-refractivity contribution >= 4 is 22.2 Å². The summed E-state index contributed by atoms with van der Waals surface area (Å²) < 4.78 is 6.49. The van der Waals surface area contributed by atoms with E-state index < -0.39 is 0 Å². The van der Waals surface area contributed by atoms with Gasteiger partial charge in [0.05, 0.1) is 0 Å². The second-order valence-corrected chi connectivity index (χ2v) is 4.54. The van der Waals surface area contributed by atoms with Crippen LogP contribution >= 0.6 is 15.9 Å². The van der Waals surface area contributed by atoms with Crippen LogP contribution in [0.1, 0.15) is 21.7 Å². The van der Waals surface area contributed by atoms with Gasteiger partial charge in [0.1, 0.15) is 5.76 Å². The molecule has 0 N–H and O–H groups in total. The van der Waals surface area contributed by atoms with E-state index in [0.717, 1.165) is 26.9 Å². The molecule has 16 heavy (non-hydrogen) atoms. The normalized spacial score (nSPS) is 10.4. The van der Waals surface area contributed by atoms with Crippen molar-refractivity contribution in [1.82, 2.24) is 0 Å². The summed E-state index contributed by atoms with van der Waals surface area (Å²) in [4.78, 5) is 10.6. The Morgan fingerprint density at radius 2 is 1.94 bits per heavy atom. The van der Waals surface area contributed by atoms with E-state index in [4.69, 9.17) is 4.42 Å². The van der Waals surface area contributed by atoms with Gasteiger partial charge in [-0.2, -0.15) is 0 Å². The predicted molar refractivity (Wildman–Crippen MR) is 66.7 cm³/mol. The van der Waals surface area contributed by atoms with Crippen LogP contribution in [-0.4, -0.2) is 6.29 Å². The van der Waals surface area contributed by atoms with Gasteiger partial charge in [-0.05, 0) is 43.2 Å². The molecule has 3 heteroatoms. The summed E-state index contributed by atoms with van der Waals surface area (Å²) >= 11 is 3.49. The molecule has 0 aliphatic carbocycles. The molecule has 1 aromatic heterocycles. The lowest BCUT2D eigenvalue weighted by molar-refractivity contribution is 0.110. The highest BCUT2D eigenvalue weighted by atomic mass is 79.9. The number of rotatable bonds is 2. The third-order valence-electron chi connectivity index (χ3n) is 2.60. The summed E-state index contributed by atoms with van der Waals surface area (Å²) in [6.07, 6.45) is 0.714. The van der Waals surface area contributed by atoms with Crippen molar-refractivity contribution in [2.45, 2.75) is 13.8 Å². The first-order chi connectivity index (χ1) is 7.63. The molecule has 0 spiro atoms. The summed E-state index contributed by atoms with van der Waals surface area (Å²) in [5.74, 6) is 1.09. The molecule has 1 aromatic carbocycles. The summed E-state index contributed by atoms with van der Waals surface area (Å²) in [7, 11) is 0. The molecule has 0 aliphatic rings. The number of hydrogen-bond donors (Lipinski definition) is 0. The van der Waals surface area contributed by atoms with Crippen LogP contribution in [0.2, 0.25) is 0 Å². The number of aryl methyl sites for hydroxylation is 1. The van der Waals surface area contributed by atoms with E-state index in [1.807, 2.05) is 32.0 Å². The maximum atomic E-state index is 10.6. The Balaban J connectivity index is 2.63. The van der Waals surface area contributed by atoms with E-state index in [9.17, 15) is 4.79 Å². The number of aldehydes is 1. The number of benzene rings is 1. The Morgan fingerprint density at radius 3 is 2.56 bits per heavy atom. The summed E-state index contributed by atoms with van der Waals surface area (Å²) in [6.45, 7) is 4.05. The van der Waals surface area contributed by atoms with Crippen LogP contribution in [0, 0.1) is 13.8 Å². The first-order valence-corrected chi connectivity index (χ1v) is 5.74. The molecule has 2 nitrogen and oxygen atoms in total. The lowest BCUT2D eigenvalue weighted by Gasteiger charge is -2.08. The van der Waals surface area contributed by atoms with Gasteiger partial charge in [-0.25, -0.2) is 0 Å². The van der Waals surface area contributed by atoms with Crippen molar-refractivity contribution in [3.63, 3.8) is 0 Å². The van der Waals surface area contributed by atoms with Crippen molar-refractivity contribution < 1.29 is 9.21 Å². The van der Waals surface area contributed by atoms with E-state index in [2.05, 4.69) is 15.9 Å². The number of carbonyl (C=O) groups excluding carboxylic acids is 1. The maximum Gasteiger partial charge on any atom is 0.185 e. The Hall–Kier alpha value is -1.35. The summed E-state index contributed by atoms with van der Waals surface area (Å²) in [5, 5.41) is 0. The molecule has 2 rings (SSSR count). The molecule has 0 saturated heterocycles. The monoisotopic (exact) mass is 278 g/mol. The number of hydrogen-bond acceptors (Lipinski definition) is 2. The molecule has 82 valence electrons. The minimum absolute atomic E-state index is 0.355. The van der Waals surface area contributed by atoms with Gasteiger partial charge in [0.15, 0.2) is 12.0 Å². The SMILES string of the molecule is Cc1ccc(Br)c(C)c1-c1ccc(C=O)o1. The minimum Gasteiger partial charge on any atom is -0.453 e. The van der Waals surface area contributed by atoms with Crippen LogP contribution in [-0.2, 0) is 0 Å². The number of carbonyl (C=O) groups is 1. The molecule has 0 bridgehead atoms. The van der Waals surface area contributed by atoms with Crippen LogP contribution in [0.15, 0.2) is 33.2 Å². The highest BCUT2D eigenvalue weighted by Crippen LogP contribution is 2.32. The van der Waals surface area contributed by atoms with Crippen LogP contribution in [0.25, 0.3) is 11.3 Å². The molecule has 1 heterocycles. The summed E-state index contributed by atoms with van der Waals surface area (Å²) in [5.41, 5.74) is 3.29. The fraction of sp³-hybridized carbons (Fsp3) is 0.154.